The smallest absolute Gasteiger partial charge is 0.207 e. The minimum Gasteiger partial charge on any atom is -0.493 e. The first-order valence-electron chi connectivity index (χ1n) is 10.3. The van der Waals surface area contributed by atoms with Gasteiger partial charge in [0.25, 0.3) is 0 Å². The minimum atomic E-state index is 0.386. The fraction of sp³-hybridized carbons (Fsp3) is 0.273. The van der Waals surface area contributed by atoms with Crippen molar-refractivity contribution in [3.63, 3.8) is 0 Å². The number of hydrogen-bond acceptors (Lipinski definition) is 9. The van der Waals surface area contributed by atoms with Crippen LogP contribution in [0.2, 0.25) is 0 Å². The molecule has 0 saturated carbocycles. The molecule has 3 N–H and O–H groups in total. The van der Waals surface area contributed by atoms with Crippen LogP contribution in [0.5, 0.6) is 11.5 Å². The second-order valence-electron chi connectivity index (χ2n) is 7.28. The van der Waals surface area contributed by atoms with Crippen LogP contribution < -0.4 is 20.1 Å². The standard InChI is InChI=1S/C22H23N7O2S/c1-30-18-9-14-17(10-19(18)31-2)25-12-26-20(14)23-8-7-13-11-24-22(32-13)29-21-27-15-5-3-4-6-16(15)28-21/h3-6,9-10,12-13H,7-8,11H2,1-2H3,(H,23,25,26)(H2,24,27,28,29). The SMILES string of the molecule is COc1cc2ncnc(NCCC3CN=C(Nc4nc5ccccc5[nH]4)S3)c2cc1OC. The van der Waals surface area contributed by atoms with Gasteiger partial charge in [-0.05, 0) is 24.6 Å². The van der Waals surface area contributed by atoms with Gasteiger partial charge in [0.1, 0.15) is 12.1 Å². The molecule has 9 nitrogen and oxygen atoms in total. The van der Waals surface area contributed by atoms with Gasteiger partial charge in [0, 0.05) is 23.2 Å². The van der Waals surface area contributed by atoms with Crippen LogP contribution in [0, 0.1) is 0 Å². The number of rotatable bonds is 7. The number of methoxy groups -OCH3 is 2. The van der Waals surface area contributed by atoms with Crippen LogP contribution in [-0.4, -0.2) is 57.7 Å². The second-order valence-corrected chi connectivity index (χ2v) is 8.56. The fourth-order valence-corrected chi connectivity index (χ4v) is 4.63. The van der Waals surface area contributed by atoms with Gasteiger partial charge in [0.15, 0.2) is 16.7 Å². The number of aromatic amines is 1. The quantitative estimate of drug-likeness (QED) is 0.390. The Hall–Kier alpha value is -3.53. The minimum absolute atomic E-state index is 0.386. The average Bonchev–Trinajstić information content (AvgIpc) is 3.44. The number of anilines is 2. The third-order valence-corrected chi connectivity index (χ3v) is 6.40. The van der Waals surface area contributed by atoms with Gasteiger partial charge >= 0.3 is 0 Å². The van der Waals surface area contributed by atoms with E-state index < -0.39 is 0 Å². The number of aromatic nitrogens is 4. The summed E-state index contributed by atoms with van der Waals surface area (Å²) in [5.41, 5.74) is 2.74. The molecule has 32 heavy (non-hydrogen) atoms. The summed E-state index contributed by atoms with van der Waals surface area (Å²) in [5.74, 6) is 2.79. The number of fused-ring (bicyclic) bond motifs is 2. The highest BCUT2D eigenvalue weighted by Gasteiger charge is 2.20. The van der Waals surface area contributed by atoms with E-state index in [0.29, 0.717) is 22.7 Å². The Balaban J connectivity index is 1.18. The molecule has 1 aliphatic rings. The van der Waals surface area contributed by atoms with E-state index in [1.807, 2.05) is 36.4 Å². The molecule has 0 spiro atoms. The molecule has 0 aliphatic carbocycles. The van der Waals surface area contributed by atoms with Gasteiger partial charge in [-0.1, -0.05) is 23.9 Å². The lowest BCUT2D eigenvalue weighted by atomic mass is 10.2. The van der Waals surface area contributed by atoms with Crippen molar-refractivity contribution in [3.05, 3.63) is 42.7 Å². The van der Waals surface area contributed by atoms with E-state index >= 15 is 0 Å². The molecule has 0 amide bonds. The first kappa shape index (κ1) is 20.4. The van der Waals surface area contributed by atoms with Crippen molar-refractivity contribution in [2.45, 2.75) is 11.7 Å². The Morgan fingerprint density at radius 1 is 1.09 bits per heavy atom. The number of amidine groups is 1. The third kappa shape index (κ3) is 4.13. The lowest BCUT2D eigenvalue weighted by Gasteiger charge is -2.13. The molecular weight excluding hydrogens is 426 g/mol. The summed E-state index contributed by atoms with van der Waals surface area (Å²) in [6.45, 7) is 1.54. The van der Waals surface area contributed by atoms with Crippen LogP contribution in [0.4, 0.5) is 11.8 Å². The van der Waals surface area contributed by atoms with Crippen molar-refractivity contribution >= 4 is 50.6 Å². The Labute approximate surface area is 189 Å². The predicted octanol–water partition coefficient (Wildman–Crippen LogP) is 3.91. The number of nitrogens with one attached hydrogen (secondary N) is 3. The fourth-order valence-electron chi connectivity index (χ4n) is 3.63. The second kappa shape index (κ2) is 8.91. The average molecular weight is 450 g/mol. The van der Waals surface area contributed by atoms with Crippen LogP contribution in [0.1, 0.15) is 6.42 Å². The molecule has 0 fully saturated rings. The number of thioether (sulfide) groups is 1. The first-order valence-corrected chi connectivity index (χ1v) is 11.1. The van der Waals surface area contributed by atoms with E-state index in [1.165, 1.54) is 0 Å². The number of benzene rings is 2. The third-order valence-electron chi connectivity index (χ3n) is 5.23. The van der Waals surface area contributed by atoms with Gasteiger partial charge in [0.2, 0.25) is 5.95 Å². The van der Waals surface area contributed by atoms with Crippen LogP contribution in [0.25, 0.3) is 21.9 Å². The zero-order valence-electron chi connectivity index (χ0n) is 17.8. The van der Waals surface area contributed by atoms with Crippen LogP contribution >= 0.6 is 11.8 Å². The van der Waals surface area contributed by atoms with E-state index in [1.54, 1.807) is 32.3 Å². The lowest BCUT2D eigenvalue weighted by molar-refractivity contribution is 0.356. The molecule has 1 unspecified atom stereocenters. The molecule has 4 aromatic rings. The summed E-state index contributed by atoms with van der Waals surface area (Å²) in [5, 5.41) is 8.90. The number of ether oxygens (including phenoxy) is 2. The van der Waals surface area contributed by atoms with E-state index in [2.05, 4.69) is 35.6 Å². The Morgan fingerprint density at radius 3 is 2.78 bits per heavy atom. The molecule has 5 rings (SSSR count). The topological polar surface area (TPSA) is 109 Å². The van der Waals surface area contributed by atoms with Gasteiger partial charge in [-0.2, -0.15) is 0 Å². The van der Waals surface area contributed by atoms with Crippen molar-refractivity contribution in [2.75, 3.05) is 37.9 Å². The van der Waals surface area contributed by atoms with E-state index in [4.69, 9.17) is 9.47 Å². The highest BCUT2D eigenvalue weighted by molar-refractivity contribution is 8.15. The first-order chi connectivity index (χ1) is 15.7. The van der Waals surface area contributed by atoms with E-state index in [-0.39, 0.29) is 0 Å². The Kier molecular flexibility index (Phi) is 5.68. The summed E-state index contributed by atoms with van der Waals surface area (Å²) < 4.78 is 10.8. The number of imidazole rings is 1. The van der Waals surface area contributed by atoms with E-state index in [0.717, 1.165) is 52.4 Å². The number of nitrogens with zero attached hydrogens (tertiary/aromatic N) is 4. The molecule has 1 atom stereocenters. The monoisotopic (exact) mass is 449 g/mol. The Bertz CT molecular complexity index is 1260. The largest absolute Gasteiger partial charge is 0.493 e. The molecule has 0 bridgehead atoms. The van der Waals surface area contributed by atoms with Crippen LogP contribution in [0.15, 0.2) is 47.7 Å². The number of aliphatic imine (C=N–C) groups is 1. The summed E-state index contributed by atoms with van der Waals surface area (Å²) in [6.07, 6.45) is 2.50. The van der Waals surface area contributed by atoms with Crippen molar-refractivity contribution in [2.24, 2.45) is 4.99 Å². The lowest BCUT2D eigenvalue weighted by Crippen LogP contribution is -2.13. The zero-order valence-corrected chi connectivity index (χ0v) is 18.6. The summed E-state index contributed by atoms with van der Waals surface area (Å²) in [4.78, 5) is 21.2. The predicted molar refractivity (Wildman–Crippen MR) is 129 cm³/mol. The number of para-hydroxylation sites is 2. The number of H-pyrrole nitrogens is 1. The molecule has 0 saturated heterocycles. The van der Waals surface area contributed by atoms with Gasteiger partial charge in [-0.3, -0.25) is 4.99 Å². The normalized spacial score (nSPS) is 15.7. The molecule has 10 heteroatoms. The van der Waals surface area contributed by atoms with Gasteiger partial charge in [-0.15, -0.1) is 0 Å². The maximum Gasteiger partial charge on any atom is 0.207 e. The highest BCUT2D eigenvalue weighted by Crippen LogP contribution is 2.33. The summed E-state index contributed by atoms with van der Waals surface area (Å²) >= 11 is 1.73. The van der Waals surface area contributed by atoms with Gasteiger partial charge in [-0.25, -0.2) is 15.0 Å². The van der Waals surface area contributed by atoms with Gasteiger partial charge < -0.3 is 25.1 Å². The molecule has 164 valence electrons. The molecular formula is C22H23N7O2S. The van der Waals surface area contributed by atoms with Crippen molar-refractivity contribution in [3.8, 4) is 11.5 Å². The van der Waals surface area contributed by atoms with Crippen LogP contribution in [0.3, 0.4) is 0 Å². The Morgan fingerprint density at radius 2 is 1.94 bits per heavy atom. The molecule has 2 aromatic carbocycles. The molecule has 3 heterocycles. The van der Waals surface area contributed by atoms with Gasteiger partial charge in [0.05, 0.1) is 37.3 Å². The zero-order chi connectivity index (χ0) is 21.9. The molecule has 0 radical (unpaired) electrons. The van der Waals surface area contributed by atoms with Crippen molar-refractivity contribution in [1.29, 1.82) is 0 Å². The van der Waals surface area contributed by atoms with Crippen molar-refractivity contribution < 1.29 is 9.47 Å². The molecule has 2 aromatic heterocycles. The maximum absolute atomic E-state index is 5.42. The molecule has 1 aliphatic heterocycles. The maximum atomic E-state index is 5.42. The van der Waals surface area contributed by atoms with Crippen molar-refractivity contribution in [1.82, 2.24) is 19.9 Å². The summed E-state index contributed by atoms with van der Waals surface area (Å²) in [6, 6.07) is 11.7. The van der Waals surface area contributed by atoms with Crippen LogP contribution in [-0.2, 0) is 0 Å². The number of hydrogen-bond donors (Lipinski definition) is 3. The highest BCUT2D eigenvalue weighted by atomic mass is 32.2. The summed E-state index contributed by atoms with van der Waals surface area (Å²) in [7, 11) is 3.23. The van der Waals surface area contributed by atoms with E-state index in [9.17, 15) is 0 Å².